The summed E-state index contributed by atoms with van der Waals surface area (Å²) < 4.78 is 4.52. The first-order valence-corrected chi connectivity index (χ1v) is 9.32. The molecule has 0 radical (unpaired) electrons. The van der Waals surface area contributed by atoms with E-state index in [2.05, 4.69) is 30.2 Å². The zero-order valence-electron chi connectivity index (χ0n) is 13.2. The number of hydrogen-bond acceptors (Lipinski definition) is 5. The second kappa shape index (κ2) is 7.76. The Morgan fingerprint density at radius 1 is 1.48 bits per heavy atom. The van der Waals surface area contributed by atoms with Crippen molar-refractivity contribution >= 4 is 24.0 Å². The average Bonchev–Trinajstić information content (AvgIpc) is 3.06. The lowest BCUT2D eigenvalue weighted by atomic mass is 10.2. The van der Waals surface area contributed by atoms with Gasteiger partial charge in [-0.25, -0.2) is 4.68 Å². The molecule has 2 rings (SSSR count). The summed E-state index contributed by atoms with van der Waals surface area (Å²) in [5, 5.41) is 14.6. The Morgan fingerprint density at radius 3 is 2.86 bits per heavy atom. The van der Waals surface area contributed by atoms with Crippen molar-refractivity contribution < 1.29 is 5.11 Å². The van der Waals surface area contributed by atoms with E-state index in [1.54, 1.807) is 0 Å². The Balaban J connectivity index is 2.14. The van der Waals surface area contributed by atoms with E-state index < -0.39 is 0 Å². The van der Waals surface area contributed by atoms with Gasteiger partial charge in [0.15, 0.2) is 10.6 Å². The van der Waals surface area contributed by atoms with Crippen LogP contribution in [0, 0.1) is 4.77 Å². The molecule has 2 atom stereocenters. The summed E-state index contributed by atoms with van der Waals surface area (Å²) in [6.07, 6.45) is 7.03. The molecule has 0 spiro atoms. The molecule has 1 saturated carbocycles. The highest BCUT2D eigenvalue weighted by molar-refractivity contribution is 7.99. The van der Waals surface area contributed by atoms with Gasteiger partial charge >= 0.3 is 0 Å². The van der Waals surface area contributed by atoms with Crippen molar-refractivity contribution in [3.8, 4) is 0 Å². The lowest BCUT2D eigenvalue weighted by Crippen LogP contribution is -2.37. The van der Waals surface area contributed by atoms with Crippen molar-refractivity contribution in [3.05, 3.63) is 10.6 Å². The zero-order chi connectivity index (χ0) is 15.4. The molecule has 21 heavy (non-hydrogen) atoms. The number of thioether (sulfide) groups is 1. The zero-order valence-corrected chi connectivity index (χ0v) is 14.8. The molecule has 0 aliphatic heterocycles. The van der Waals surface area contributed by atoms with E-state index in [9.17, 15) is 5.11 Å². The lowest BCUT2D eigenvalue weighted by Gasteiger charge is -2.28. The summed E-state index contributed by atoms with van der Waals surface area (Å²) in [7, 11) is 2.15. The number of nitrogens with zero attached hydrogens (tertiary/aromatic N) is 4. The van der Waals surface area contributed by atoms with Crippen LogP contribution in [0.15, 0.2) is 0 Å². The fourth-order valence-corrected chi connectivity index (χ4v) is 4.50. The van der Waals surface area contributed by atoms with Gasteiger partial charge in [-0.2, -0.15) is 16.9 Å². The Bertz CT molecular complexity index is 514. The minimum absolute atomic E-state index is 0.0583. The van der Waals surface area contributed by atoms with Crippen molar-refractivity contribution in [3.63, 3.8) is 0 Å². The molecule has 120 valence electrons. The van der Waals surface area contributed by atoms with E-state index in [4.69, 9.17) is 12.2 Å². The molecule has 0 bridgehead atoms. The van der Waals surface area contributed by atoms with Gasteiger partial charge in [0.1, 0.15) is 6.61 Å². The average molecular weight is 331 g/mol. The van der Waals surface area contributed by atoms with Crippen LogP contribution in [0.3, 0.4) is 0 Å². The summed E-state index contributed by atoms with van der Waals surface area (Å²) >= 11 is 7.48. The number of aliphatic hydroxyl groups excluding tert-OH is 1. The fraction of sp³-hybridized carbons (Fsp3) is 0.857. The van der Waals surface area contributed by atoms with E-state index in [0.717, 1.165) is 13.0 Å². The van der Waals surface area contributed by atoms with E-state index in [1.165, 1.54) is 19.3 Å². The number of aliphatic hydroxyl groups is 1. The molecule has 1 aliphatic carbocycles. The second-order valence-corrected chi connectivity index (χ2v) is 7.12. The minimum atomic E-state index is -0.0583. The molecular formula is C14H26N4OS2. The maximum Gasteiger partial charge on any atom is 0.199 e. The topological polar surface area (TPSA) is 46.2 Å². The van der Waals surface area contributed by atoms with Crippen molar-refractivity contribution in [1.29, 1.82) is 0 Å². The SMILES string of the molecule is CCCn1c(CO)nn(CN(C)C2CCCC2SC)c1=S. The molecule has 7 heteroatoms. The third-order valence-corrected chi connectivity index (χ3v) is 5.82. The number of hydrogen-bond donors (Lipinski definition) is 1. The predicted octanol–water partition coefficient (Wildman–Crippen LogP) is 2.49. The van der Waals surface area contributed by atoms with Gasteiger partial charge in [-0.15, -0.1) is 0 Å². The van der Waals surface area contributed by atoms with Gasteiger partial charge in [0.05, 0.1) is 6.67 Å². The van der Waals surface area contributed by atoms with Crippen LogP contribution < -0.4 is 0 Å². The molecule has 1 aromatic rings. The highest BCUT2D eigenvalue weighted by atomic mass is 32.2. The first-order chi connectivity index (χ1) is 10.1. The third kappa shape index (κ3) is 3.70. The van der Waals surface area contributed by atoms with Crippen LogP contribution in [0.2, 0.25) is 0 Å². The molecule has 1 aliphatic rings. The largest absolute Gasteiger partial charge is 0.388 e. The van der Waals surface area contributed by atoms with Crippen LogP contribution in [0.4, 0.5) is 0 Å². The first kappa shape index (κ1) is 17.0. The minimum Gasteiger partial charge on any atom is -0.388 e. The predicted molar refractivity (Wildman–Crippen MR) is 90.0 cm³/mol. The van der Waals surface area contributed by atoms with Crippen LogP contribution in [-0.2, 0) is 19.8 Å². The molecular weight excluding hydrogens is 304 g/mol. The highest BCUT2D eigenvalue weighted by Gasteiger charge is 2.30. The van der Waals surface area contributed by atoms with E-state index in [-0.39, 0.29) is 6.61 Å². The molecule has 0 amide bonds. The van der Waals surface area contributed by atoms with Gasteiger partial charge in [-0.3, -0.25) is 4.90 Å². The summed E-state index contributed by atoms with van der Waals surface area (Å²) in [4.78, 5) is 2.36. The molecule has 0 saturated heterocycles. The van der Waals surface area contributed by atoms with Crippen LogP contribution in [0.1, 0.15) is 38.4 Å². The van der Waals surface area contributed by atoms with Crippen molar-refractivity contribution in [2.75, 3.05) is 13.3 Å². The summed E-state index contributed by atoms with van der Waals surface area (Å²) in [6.45, 7) is 3.56. The van der Waals surface area contributed by atoms with Crippen LogP contribution >= 0.6 is 24.0 Å². The molecule has 1 heterocycles. The molecule has 1 fully saturated rings. The Labute approximate surface area is 136 Å². The Morgan fingerprint density at radius 2 is 2.24 bits per heavy atom. The van der Waals surface area contributed by atoms with Crippen LogP contribution in [0.25, 0.3) is 0 Å². The lowest BCUT2D eigenvalue weighted by molar-refractivity contribution is 0.185. The van der Waals surface area contributed by atoms with Crippen molar-refractivity contribution in [2.24, 2.45) is 0 Å². The van der Waals surface area contributed by atoms with Crippen molar-refractivity contribution in [2.45, 2.75) is 63.7 Å². The highest BCUT2D eigenvalue weighted by Crippen LogP contribution is 2.31. The fourth-order valence-electron chi connectivity index (χ4n) is 3.15. The quantitative estimate of drug-likeness (QED) is 0.778. The van der Waals surface area contributed by atoms with Gasteiger partial charge in [0.25, 0.3) is 0 Å². The number of aromatic nitrogens is 3. The van der Waals surface area contributed by atoms with E-state index >= 15 is 0 Å². The molecule has 0 aromatic carbocycles. The Hall–Kier alpha value is -0.370. The first-order valence-electron chi connectivity index (χ1n) is 7.62. The molecule has 5 nitrogen and oxygen atoms in total. The van der Waals surface area contributed by atoms with Crippen LogP contribution in [-0.4, -0.2) is 48.9 Å². The smallest absolute Gasteiger partial charge is 0.199 e. The monoisotopic (exact) mass is 330 g/mol. The summed E-state index contributed by atoms with van der Waals surface area (Å²) in [5.41, 5.74) is 0. The summed E-state index contributed by atoms with van der Waals surface area (Å²) in [5.74, 6) is 0.670. The third-order valence-electron chi connectivity index (χ3n) is 4.23. The van der Waals surface area contributed by atoms with Gasteiger partial charge in [0.2, 0.25) is 0 Å². The van der Waals surface area contributed by atoms with Gasteiger partial charge in [-0.1, -0.05) is 13.3 Å². The maximum absolute atomic E-state index is 9.45. The normalized spacial score (nSPS) is 22.3. The standard InChI is InChI=1S/C14H26N4OS2/c1-4-8-17-13(9-19)15-18(14(17)20)10-16(2)11-6-5-7-12(11)21-3/h11-12,19H,4-10H2,1-3H3. The van der Waals surface area contributed by atoms with Gasteiger partial charge in [0, 0.05) is 17.8 Å². The Kier molecular flexibility index (Phi) is 6.28. The van der Waals surface area contributed by atoms with Crippen LogP contribution in [0.5, 0.6) is 0 Å². The molecule has 1 aromatic heterocycles. The summed E-state index contributed by atoms with van der Waals surface area (Å²) in [6, 6.07) is 0.593. The maximum atomic E-state index is 9.45. The van der Waals surface area contributed by atoms with E-state index in [1.807, 2.05) is 21.0 Å². The second-order valence-electron chi connectivity index (χ2n) is 5.68. The molecule has 1 N–H and O–H groups in total. The van der Waals surface area contributed by atoms with Gasteiger partial charge < -0.3 is 9.67 Å². The van der Waals surface area contributed by atoms with E-state index in [0.29, 0.717) is 28.6 Å². The van der Waals surface area contributed by atoms with Gasteiger partial charge in [-0.05, 0) is 44.8 Å². The molecule has 2 unspecified atom stereocenters. The van der Waals surface area contributed by atoms with Crippen molar-refractivity contribution in [1.82, 2.24) is 19.2 Å². The number of rotatable bonds is 7.